The quantitative estimate of drug-likeness (QED) is 0.646. The Labute approximate surface area is 115 Å². The van der Waals surface area contributed by atoms with Crippen LogP contribution in [0.5, 0.6) is 0 Å². The summed E-state index contributed by atoms with van der Waals surface area (Å²) < 4.78 is 0. The first-order valence-corrected chi connectivity index (χ1v) is 7.15. The number of pyridine rings is 1. The van der Waals surface area contributed by atoms with E-state index in [9.17, 15) is 0 Å². The summed E-state index contributed by atoms with van der Waals surface area (Å²) in [7, 11) is 0. The van der Waals surface area contributed by atoms with Gasteiger partial charge in [-0.05, 0) is 30.4 Å². The van der Waals surface area contributed by atoms with Gasteiger partial charge in [0.2, 0.25) is 0 Å². The van der Waals surface area contributed by atoms with Crippen molar-refractivity contribution in [3.05, 3.63) is 23.9 Å². The molecule has 0 spiro atoms. The number of anilines is 1. The summed E-state index contributed by atoms with van der Waals surface area (Å²) in [6, 6.07) is 3.71. The lowest BCUT2D eigenvalue weighted by Crippen LogP contribution is -2.40. The van der Waals surface area contributed by atoms with Crippen LogP contribution in [0.25, 0.3) is 0 Å². The molecule has 1 aromatic heterocycles. The van der Waals surface area contributed by atoms with Crippen LogP contribution in [-0.4, -0.2) is 23.9 Å². The van der Waals surface area contributed by atoms with E-state index in [-0.39, 0.29) is 5.84 Å². The van der Waals surface area contributed by atoms with E-state index in [4.69, 9.17) is 11.1 Å². The third-order valence-corrected chi connectivity index (χ3v) is 4.70. The van der Waals surface area contributed by atoms with Gasteiger partial charge < -0.3 is 10.6 Å². The highest BCUT2D eigenvalue weighted by Crippen LogP contribution is 2.38. The van der Waals surface area contributed by atoms with E-state index in [1.165, 1.54) is 25.7 Å². The minimum Gasteiger partial charge on any atom is -0.384 e. The second-order valence-electron chi connectivity index (χ2n) is 5.51. The van der Waals surface area contributed by atoms with E-state index < -0.39 is 0 Å². The van der Waals surface area contributed by atoms with E-state index in [0.717, 1.165) is 24.5 Å². The summed E-state index contributed by atoms with van der Waals surface area (Å²) in [6.07, 6.45) is 6.72. The predicted octanol–water partition coefficient (Wildman–Crippen LogP) is 2.77. The summed E-state index contributed by atoms with van der Waals surface area (Å²) in [6.45, 7) is 6.70. The zero-order chi connectivity index (χ0) is 13.9. The SMILES string of the molecule is CCC1(CC)CCN(c2cc(C(=N)N)ccn2)CC1. The average Bonchev–Trinajstić information content (AvgIpc) is 2.47. The molecule has 0 unspecified atom stereocenters. The number of nitrogens with two attached hydrogens (primary N) is 1. The van der Waals surface area contributed by atoms with Crippen molar-refractivity contribution in [2.45, 2.75) is 39.5 Å². The first-order valence-electron chi connectivity index (χ1n) is 7.15. The van der Waals surface area contributed by atoms with E-state index in [2.05, 4.69) is 23.7 Å². The molecule has 1 saturated heterocycles. The molecule has 0 amide bonds. The van der Waals surface area contributed by atoms with Gasteiger partial charge in [-0.2, -0.15) is 0 Å². The maximum atomic E-state index is 7.50. The highest BCUT2D eigenvalue weighted by Gasteiger charge is 2.31. The normalized spacial score (nSPS) is 18.3. The van der Waals surface area contributed by atoms with Gasteiger partial charge in [0, 0.05) is 24.8 Å². The Morgan fingerprint density at radius 1 is 1.37 bits per heavy atom. The standard InChI is InChI=1S/C15H24N4/c1-3-15(4-2)6-9-19(10-7-15)13-11-12(14(16)17)5-8-18-13/h5,8,11H,3-4,6-7,9-10H2,1-2H3,(H3,16,17). The molecule has 0 aromatic carbocycles. The third kappa shape index (κ3) is 2.88. The van der Waals surface area contributed by atoms with Gasteiger partial charge in [-0.1, -0.05) is 26.7 Å². The molecule has 104 valence electrons. The minimum atomic E-state index is 0.108. The highest BCUT2D eigenvalue weighted by atomic mass is 15.2. The van der Waals surface area contributed by atoms with Crippen LogP contribution in [0.15, 0.2) is 18.3 Å². The van der Waals surface area contributed by atoms with Gasteiger partial charge in [0.1, 0.15) is 11.7 Å². The largest absolute Gasteiger partial charge is 0.384 e. The first kappa shape index (κ1) is 13.8. The van der Waals surface area contributed by atoms with Gasteiger partial charge in [-0.15, -0.1) is 0 Å². The molecule has 0 radical (unpaired) electrons. The maximum Gasteiger partial charge on any atom is 0.129 e. The molecule has 0 saturated carbocycles. The van der Waals surface area contributed by atoms with Crippen molar-refractivity contribution < 1.29 is 0 Å². The lowest BCUT2D eigenvalue weighted by molar-refractivity contribution is 0.199. The zero-order valence-electron chi connectivity index (χ0n) is 11.9. The fourth-order valence-corrected chi connectivity index (χ4v) is 2.93. The van der Waals surface area contributed by atoms with Gasteiger partial charge >= 0.3 is 0 Å². The van der Waals surface area contributed by atoms with Crippen molar-refractivity contribution in [1.82, 2.24) is 4.98 Å². The average molecular weight is 260 g/mol. The lowest BCUT2D eigenvalue weighted by atomic mass is 9.74. The van der Waals surface area contributed by atoms with Crippen LogP contribution in [0.3, 0.4) is 0 Å². The Bertz CT molecular complexity index is 441. The third-order valence-electron chi connectivity index (χ3n) is 4.70. The molecular formula is C15H24N4. The number of piperidine rings is 1. The van der Waals surface area contributed by atoms with Crippen molar-refractivity contribution in [2.24, 2.45) is 11.1 Å². The summed E-state index contributed by atoms with van der Waals surface area (Å²) in [5.74, 6) is 1.06. The predicted molar refractivity (Wildman–Crippen MR) is 79.7 cm³/mol. The molecule has 4 nitrogen and oxygen atoms in total. The van der Waals surface area contributed by atoms with Crippen molar-refractivity contribution in [2.75, 3.05) is 18.0 Å². The fraction of sp³-hybridized carbons (Fsp3) is 0.600. The van der Waals surface area contributed by atoms with Gasteiger partial charge in [-0.25, -0.2) is 4.98 Å². The van der Waals surface area contributed by atoms with E-state index >= 15 is 0 Å². The van der Waals surface area contributed by atoms with Crippen LogP contribution in [0.4, 0.5) is 5.82 Å². The monoisotopic (exact) mass is 260 g/mol. The van der Waals surface area contributed by atoms with Gasteiger partial charge in [-0.3, -0.25) is 5.41 Å². The number of amidine groups is 1. The Morgan fingerprint density at radius 3 is 2.53 bits per heavy atom. The molecule has 2 heterocycles. The van der Waals surface area contributed by atoms with Gasteiger partial charge in [0.15, 0.2) is 0 Å². The van der Waals surface area contributed by atoms with E-state index in [1.54, 1.807) is 12.3 Å². The van der Waals surface area contributed by atoms with Crippen LogP contribution in [0.1, 0.15) is 45.1 Å². The number of nitrogens with one attached hydrogen (secondary N) is 1. The van der Waals surface area contributed by atoms with Crippen molar-refractivity contribution in [3.8, 4) is 0 Å². The zero-order valence-corrected chi connectivity index (χ0v) is 11.9. The van der Waals surface area contributed by atoms with Crippen molar-refractivity contribution in [1.29, 1.82) is 5.41 Å². The molecule has 1 aliphatic rings. The molecule has 2 rings (SSSR count). The van der Waals surface area contributed by atoms with Crippen molar-refractivity contribution in [3.63, 3.8) is 0 Å². The Morgan fingerprint density at radius 2 is 2.00 bits per heavy atom. The summed E-state index contributed by atoms with van der Waals surface area (Å²) >= 11 is 0. The molecule has 0 atom stereocenters. The molecule has 1 aromatic rings. The van der Waals surface area contributed by atoms with Crippen LogP contribution < -0.4 is 10.6 Å². The van der Waals surface area contributed by atoms with Crippen LogP contribution >= 0.6 is 0 Å². The number of aromatic nitrogens is 1. The molecule has 4 heteroatoms. The molecule has 0 aliphatic carbocycles. The van der Waals surface area contributed by atoms with Crippen LogP contribution in [0, 0.1) is 10.8 Å². The Kier molecular flexibility index (Phi) is 4.08. The maximum absolute atomic E-state index is 7.50. The molecule has 19 heavy (non-hydrogen) atoms. The number of nitrogen functional groups attached to an aromatic ring is 1. The van der Waals surface area contributed by atoms with E-state index in [1.807, 2.05) is 6.07 Å². The Balaban J connectivity index is 2.09. The molecule has 1 aliphatic heterocycles. The molecule has 1 fully saturated rings. The molecular weight excluding hydrogens is 236 g/mol. The topological polar surface area (TPSA) is 66.0 Å². The second kappa shape index (κ2) is 5.59. The summed E-state index contributed by atoms with van der Waals surface area (Å²) in [5, 5.41) is 7.50. The number of hydrogen-bond acceptors (Lipinski definition) is 3. The van der Waals surface area contributed by atoms with E-state index in [0.29, 0.717) is 5.41 Å². The molecule has 0 bridgehead atoms. The second-order valence-corrected chi connectivity index (χ2v) is 5.51. The lowest BCUT2D eigenvalue weighted by Gasteiger charge is -2.41. The fourth-order valence-electron chi connectivity index (χ4n) is 2.93. The van der Waals surface area contributed by atoms with Crippen LogP contribution in [0.2, 0.25) is 0 Å². The minimum absolute atomic E-state index is 0.108. The smallest absolute Gasteiger partial charge is 0.129 e. The Hall–Kier alpha value is -1.58. The summed E-state index contributed by atoms with van der Waals surface area (Å²) in [5.41, 5.74) is 6.82. The first-order chi connectivity index (χ1) is 9.10. The number of hydrogen-bond donors (Lipinski definition) is 2. The van der Waals surface area contributed by atoms with Gasteiger partial charge in [0.05, 0.1) is 0 Å². The highest BCUT2D eigenvalue weighted by molar-refractivity contribution is 5.95. The number of rotatable bonds is 4. The van der Waals surface area contributed by atoms with Crippen LogP contribution in [-0.2, 0) is 0 Å². The van der Waals surface area contributed by atoms with Gasteiger partial charge in [0.25, 0.3) is 0 Å². The number of nitrogens with zero attached hydrogens (tertiary/aromatic N) is 2. The molecule has 3 N–H and O–H groups in total. The van der Waals surface area contributed by atoms with Crippen molar-refractivity contribution >= 4 is 11.7 Å². The summed E-state index contributed by atoms with van der Waals surface area (Å²) in [4.78, 5) is 6.73.